The molecule has 0 spiro atoms. The maximum absolute atomic E-state index is 14.1. The zero-order valence-electron chi connectivity index (χ0n) is 11.7. The van der Waals surface area contributed by atoms with Crippen LogP contribution in [0.2, 0.25) is 0 Å². The largest absolute Gasteiger partial charge is 0.357 e. The quantitative estimate of drug-likeness (QED) is 0.795. The first-order valence-electron chi connectivity index (χ1n) is 6.20. The van der Waals surface area contributed by atoms with E-state index in [1.165, 1.54) is 0 Å². The molecule has 0 radical (unpaired) electrons. The first-order chi connectivity index (χ1) is 8.56. The summed E-state index contributed by atoms with van der Waals surface area (Å²) in [5, 5.41) is 2.96. The van der Waals surface area contributed by atoms with Crippen molar-refractivity contribution in [2.24, 2.45) is 0 Å². The number of nitrogens with one attached hydrogen (secondary N) is 1. The highest BCUT2D eigenvalue weighted by molar-refractivity contribution is 5.42. The predicted octanol–water partition coefficient (Wildman–Crippen LogP) is 1.33. The van der Waals surface area contributed by atoms with Crippen molar-refractivity contribution in [3.63, 3.8) is 0 Å². The standard InChI is InChI=1S/C13H23FN4/c1-15-10-11-6-7-16-13(12(11)14)18(4)9-5-8-17(2)3/h6-7,15H,5,8-10H2,1-4H3. The average Bonchev–Trinajstić information content (AvgIpc) is 2.31. The normalized spacial score (nSPS) is 11.0. The van der Waals surface area contributed by atoms with Crippen LogP contribution in [0.15, 0.2) is 12.3 Å². The lowest BCUT2D eigenvalue weighted by Crippen LogP contribution is -2.25. The molecule has 0 bridgehead atoms. The molecule has 0 saturated heterocycles. The number of anilines is 1. The first-order valence-corrected chi connectivity index (χ1v) is 6.20. The van der Waals surface area contributed by atoms with Crippen LogP contribution >= 0.6 is 0 Å². The van der Waals surface area contributed by atoms with Gasteiger partial charge in [-0.25, -0.2) is 9.37 Å². The van der Waals surface area contributed by atoms with E-state index in [0.717, 1.165) is 19.5 Å². The maximum Gasteiger partial charge on any atom is 0.170 e. The summed E-state index contributed by atoms with van der Waals surface area (Å²) in [5.41, 5.74) is 0.655. The summed E-state index contributed by atoms with van der Waals surface area (Å²) in [6, 6.07) is 1.71. The summed E-state index contributed by atoms with van der Waals surface area (Å²) >= 11 is 0. The zero-order valence-corrected chi connectivity index (χ0v) is 11.7. The molecule has 0 saturated carbocycles. The smallest absolute Gasteiger partial charge is 0.170 e. The summed E-state index contributed by atoms with van der Waals surface area (Å²) in [5.74, 6) is 0.209. The van der Waals surface area contributed by atoms with Crippen molar-refractivity contribution < 1.29 is 4.39 Å². The third-order valence-corrected chi connectivity index (χ3v) is 2.78. The van der Waals surface area contributed by atoms with Gasteiger partial charge in [-0.15, -0.1) is 0 Å². The lowest BCUT2D eigenvalue weighted by Gasteiger charge is -2.20. The number of pyridine rings is 1. The van der Waals surface area contributed by atoms with E-state index >= 15 is 0 Å². The van der Waals surface area contributed by atoms with Gasteiger partial charge in [0, 0.05) is 31.9 Å². The molecule has 0 atom stereocenters. The van der Waals surface area contributed by atoms with E-state index in [9.17, 15) is 4.39 Å². The Morgan fingerprint density at radius 3 is 2.61 bits per heavy atom. The van der Waals surface area contributed by atoms with Crippen molar-refractivity contribution >= 4 is 5.82 Å². The first kappa shape index (κ1) is 14.9. The number of nitrogens with zero attached hydrogens (tertiary/aromatic N) is 3. The molecule has 1 aromatic heterocycles. The van der Waals surface area contributed by atoms with Gasteiger partial charge in [0.1, 0.15) is 0 Å². The van der Waals surface area contributed by atoms with Crippen molar-refractivity contribution in [2.75, 3.05) is 46.2 Å². The zero-order chi connectivity index (χ0) is 13.5. The van der Waals surface area contributed by atoms with E-state index in [1.54, 1.807) is 19.3 Å². The van der Waals surface area contributed by atoms with E-state index in [0.29, 0.717) is 17.9 Å². The summed E-state index contributed by atoms with van der Waals surface area (Å²) in [6.07, 6.45) is 2.65. The van der Waals surface area contributed by atoms with Gasteiger partial charge >= 0.3 is 0 Å². The molecule has 0 fully saturated rings. The molecule has 0 aromatic carbocycles. The van der Waals surface area contributed by atoms with Crippen LogP contribution in [0.4, 0.5) is 10.2 Å². The Morgan fingerprint density at radius 1 is 1.28 bits per heavy atom. The molecule has 1 heterocycles. The Kier molecular flexibility index (Phi) is 6.01. The number of hydrogen-bond acceptors (Lipinski definition) is 4. The molecule has 1 aromatic rings. The topological polar surface area (TPSA) is 31.4 Å². The van der Waals surface area contributed by atoms with Crippen molar-refractivity contribution in [2.45, 2.75) is 13.0 Å². The highest BCUT2D eigenvalue weighted by Crippen LogP contribution is 2.18. The Bertz CT molecular complexity index is 368. The molecule has 4 nitrogen and oxygen atoms in total. The van der Waals surface area contributed by atoms with Gasteiger partial charge in [-0.2, -0.15) is 0 Å². The van der Waals surface area contributed by atoms with Crippen LogP contribution in [0, 0.1) is 5.82 Å². The molecule has 102 valence electrons. The van der Waals surface area contributed by atoms with Gasteiger partial charge in [0.15, 0.2) is 11.6 Å². The minimum absolute atomic E-state index is 0.223. The molecule has 5 heteroatoms. The lowest BCUT2D eigenvalue weighted by molar-refractivity contribution is 0.401. The highest BCUT2D eigenvalue weighted by Gasteiger charge is 2.12. The molecule has 0 aliphatic rings. The van der Waals surface area contributed by atoms with Gasteiger partial charge in [-0.3, -0.25) is 0 Å². The fourth-order valence-corrected chi connectivity index (χ4v) is 1.79. The Labute approximate surface area is 109 Å². The van der Waals surface area contributed by atoms with Gasteiger partial charge < -0.3 is 15.1 Å². The van der Waals surface area contributed by atoms with Crippen LogP contribution in [0.3, 0.4) is 0 Å². The van der Waals surface area contributed by atoms with Crippen LogP contribution in [-0.4, -0.2) is 51.2 Å². The third kappa shape index (κ3) is 4.23. The van der Waals surface area contributed by atoms with Crippen molar-refractivity contribution in [1.29, 1.82) is 0 Å². The van der Waals surface area contributed by atoms with Crippen LogP contribution in [-0.2, 0) is 6.54 Å². The van der Waals surface area contributed by atoms with Crippen LogP contribution in [0.5, 0.6) is 0 Å². The third-order valence-electron chi connectivity index (χ3n) is 2.78. The number of aromatic nitrogens is 1. The van der Waals surface area contributed by atoms with Crippen LogP contribution < -0.4 is 10.2 Å². The monoisotopic (exact) mass is 254 g/mol. The summed E-state index contributed by atoms with van der Waals surface area (Å²) in [6.45, 7) is 2.31. The molecular weight excluding hydrogens is 231 g/mol. The second-order valence-electron chi connectivity index (χ2n) is 4.72. The average molecular weight is 254 g/mol. The predicted molar refractivity (Wildman–Crippen MR) is 73.4 cm³/mol. The maximum atomic E-state index is 14.1. The van der Waals surface area contributed by atoms with Gasteiger partial charge in [0.25, 0.3) is 0 Å². The van der Waals surface area contributed by atoms with E-state index in [1.807, 2.05) is 26.0 Å². The van der Waals surface area contributed by atoms with Gasteiger partial charge in [0.05, 0.1) is 0 Å². The van der Waals surface area contributed by atoms with Crippen molar-refractivity contribution in [1.82, 2.24) is 15.2 Å². The Balaban J connectivity index is 2.67. The number of halogens is 1. The SMILES string of the molecule is CNCc1ccnc(N(C)CCCN(C)C)c1F. The summed E-state index contributed by atoms with van der Waals surface area (Å²) in [7, 11) is 7.75. The molecule has 0 aliphatic heterocycles. The molecule has 0 amide bonds. The lowest BCUT2D eigenvalue weighted by atomic mass is 10.2. The molecular formula is C13H23FN4. The minimum Gasteiger partial charge on any atom is -0.357 e. The van der Waals surface area contributed by atoms with E-state index in [4.69, 9.17) is 0 Å². The molecule has 1 rings (SSSR count). The summed E-state index contributed by atoms with van der Waals surface area (Å²) < 4.78 is 14.1. The second-order valence-corrected chi connectivity index (χ2v) is 4.72. The van der Waals surface area contributed by atoms with Crippen LogP contribution in [0.25, 0.3) is 0 Å². The van der Waals surface area contributed by atoms with Crippen LogP contribution in [0.1, 0.15) is 12.0 Å². The minimum atomic E-state index is -0.223. The number of rotatable bonds is 7. The van der Waals surface area contributed by atoms with Crippen molar-refractivity contribution in [3.05, 3.63) is 23.6 Å². The van der Waals surface area contributed by atoms with Gasteiger partial charge in [-0.1, -0.05) is 0 Å². The molecule has 0 unspecified atom stereocenters. The van der Waals surface area contributed by atoms with Crippen molar-refractivity contribution in [3.8, 4) is 0 Å². The van der Waals surface area contributed by atoms with Gasteiger partial charge in [0.2, 0.25) is 0 Å². The Morgan fingerprint density at radius 2 is 2.00 bits per heavy atom. The van der Waals surface area contributed by atoms with Gasteiger partial charge in [-0.05, 0) is 40.2 Å². The fourth-order valence-electron chi connectivity index (χ4n) is 1.79. The van der Waals surface area contributed by atoms with E-state index in [-0.39, 0.29) is 5.82 Å². The molecule has 18 heavy (non-hydrogen) atoms. The second kappa shape index (κ2) is 7.28. The Hall–Kier alpha value is -1.20. The molecule has 0 aliphatic carbocycles. The summed E-state index contributed by atoms with van der Waals surface area (Å²) in [4.78, 5) is 8.12. The highest BCUT2D eigenvalue weighted by atomic mass is 19.1. The fraction of sp³-hybridized carbons (Fsp3) is 0.615. The van der Waals surface area contributed by atoms with E-state index in [2.05, 4.69) is 15.2 Å². The number of hydrogen-bond donors (Lipinski definition) is 1. The molecule has 1 N–H and O–H groups in total. The van der Waals surface area contributed by atoms with E-state index < -0.39 is 0 Å².